The fourth-order valence-corrected chi connectivity index (χ4v) is 1.97. The van der Waals surface area contributed by atoms with Gasteiger partial charge in [-0.15, -0.1) is 0 Å². The number of halogens is 1. The maximum atomic E-state index is 11.9. The first kappa shape index (κ1) is 17.4. The number of amides is 1. The number of nitro benzene ring substituents is 1. The lowest BCUT2D eigenvalue weighted by atomic mass is 10.1. The molecule has 2 aromatic rings. The second-order valence-corrected chi connectivity index (χ2v) is 5.11. The number of rotatable bonds is 5. The number of hydrogen-bond acceptors (Lipinski definition) is 6. The summed E-state index contributed by atoms with van der Waals surface area (Å²) in [4.78, 5) is 37.8. The predicted octanol–water partition coefficient (Wildman–Crippen LogP) is 2.75. The highest BCUT2D eigenvalue weighted by atomic mass is 35.5. The highest BCUT2D eigenvalue weighted by Crippen LogP contribution is 2.27. The van der Waals surface area contributed by atoms with Gasteiger partial charge in [0.25, 0.3) is 11.6 Å². The molecular formula is C15H12ClN3O5. The molecular weight excluding hydrogens is 338 g/mol. The summed E-state index contributed by atoms with van der Waals surface area (Å²) in [6, 6.07) is 7.22. The highest BCUT2D eigenvalue weighted by molar-refractivity contribution is 6.29. The number of esters is 1. The zero-order valence-electron chi connectivity index (χ0n) is 12.5. The molecule has 1 heterocycles. The number of hydrogen-bond donors (Lipinski definition) is 1. The van der Waals surface area contributed by atoms with Crippen LogP contribution in [0.1, 0.15) is 15.9 Å². The molecule has 24 heavy (non-hydrogen) atoms. The molecule has 1 N–H and O–H groups in total. The van der Waals surface area contributed by atoms with E-state index in [1.807, 2.05) is 0 Å². The number of anilines is 1. The van der Waals surface area contributed by atoms with E-state index in [0.717, 1.165) is 0 Å². The quantitative estimate of drug-likeness (QED) is 0.384. The summed E-state index contributed by atoms with van der Waals surface area (Å²) in [6.45, 7) is 1.03. The highest BCUT2D eigenvalue weighted by Gasteiger charge is 2.18. The first-order valence-corrected chi connectivity index (χ1v) is 7.09. The van der Waals surface area contributed by atoms with E-state index in [1.165, 1.54) is 30.5 Å². The van der Waals surface area contributed by atoms with E-state index in [2.05, 4.69) is 10.3 Å². The maximum Gasteiger partial charge on any atom is 0.340 e. The van der Waals surface area contributed by atoms with Crippen molar-refractivity contribution in [2.45, 2.75) is 6.92 Å². The Morgan fingerprint density at radius 3 is 2.71 bits per heavy atom. The normalized spacial score (nSPS) is 10.1. The minimum absolute atomic E-state index is 0.0664. The average molecular weight is 350 g/mol. The Kier molecular flexibility index (Phi) is 5.43. The van der Waals surface area contributed by atoms with Crippen molar-refractivity contribution in [1.82, 2.24) is 4.98 Å². The molecule has 0 saturated carbocycles. The zero-order chi connectivity index (χ0) is 17.7. The summed E-state index contributed by atoms with van der Waals surface area (Å²) in [6.07, 6.45) is 1.22. The lowest BCUT2D eigenvalue weighted by Gasteiger charge is -2.09. The van der Waals surface area contributed by atoms with Crippen molar-refractivity contribution >= 4 is 34.9 Å². The van der Waals surface area contributed by atoms with Crippen molar-refractivity contribution in [3.8, 4) is 0 Å². The third-order valence-corrected chi connectivity index (χ3v) is 3.23. The SMILES string of the molecule is Cc1cccc([N+](=O)[O-])c1NC(=O)COC(=O)c1ccc(Cl)nc1. The van der Waals surface area contributed by atoms with Gasteiger partial charge < -0.3 is 10.1 Å². The topological polar surface area (TPSA) is 111 Å². The number of para-hydroxylation sites is 1. The van der Waals surface area contributed by atoms with Crippen molar-refractivity contribution in [3.05, 3.63) is 62.9 Å². The Balaban J connectivity index is 2.00. The molecule has 0 spiro atoms. The number of benzene rings is 1. The smallest absolute Gasteiger partial charge is 0.340 e. The standard InChI is InChI=1S/C15H12ClN3O5/c1-9-3-2-4-11(19(22)23)14(9)18-13(20)8-24-15(21)10-5-6-12(16)17-7-10/h2-7H,8H2,1H3,(H,18,20). The van der Waals surface area contributed by atoms with Gasteiger partial charge >= 0.3 is 5.97 Å². The van der Waals surface area contributed by atoms with Gasteiger partial charge in [0.15, 0.2) is 6.61 Å². The molecule has 0 bridgehead atoms. The molecule has 2 rings (SSSR count). The fourth-order valence-electron chi connectivity index (χ4n) is 1.85. The predicted molar refractivity (Wildman–Crippen MR) is 86.0 cm³/mol. The zero-order valence-corrected chi connectivity index (χ0v) is 13.2. The van der Waals surface area contributed by atoms with Gasteiger partial charge in [-0.3, -0.25) is 14.9 Å². The van der Waals surface area contributed by atoms with Crippen LogP contribution in [0.4, 0.5) is 11.4 Å². The van der Waals surface area contributed by atoms with Crippen molar-refractivity contribution in [2.75, 3.05) is 11.9 Å². The van der Waals surface area contributed by atoms with Crippen LogP contribution in [-0.4, -0.2) is 28.4 Å². The molecule has 0 aliphatic rings. The van der Waals surface area contributed by atoms with E-state index in [4.69, 9.17) is 16.3 Å². The van der Waals surface area contributed by atoms with Gasteiger partial charge in [0.05, 0.1) is 10.5 Å². The van der Waals surface area contributed by atoms with Crippen LogP contribution in [0.3, 0.4) is 0 Å². The number of pyridine rings is 1. The molecule has 1 aromatic carbocycles. The van der Waals surface area contributed by atoms with E-state index >= 15 is 0 Å². The third kappa shape index (κ3) is 4.26. The number of ether oxygens (including phenoxy) is 1. The first-order chi connectivity index (χ1) is 11.4. The minimum Gasteiger partial charge on any atom is -0.452 e. The Bertz CT molecular complexity index is 792. The molecule has 0 saturated heterocycles. The van der Waals surface area contributed by atoms with Crippen LogP contribution in [0.5, 0.6) is 0 Å². The number of carbonyl (C=O) groups excluding carboxylic acids is 2. The van der Waals surface area contributed by atoms with Gasteiger partial charge in [0.1, 0.15) is 10.8 Å². The van der Waals surface area contributed by atoms with Gasteiger partial charge in [-0.05, 0) is 24.6 Å². The van der Waals surface area contributed by atoms with E-state index in [1.54, 1.807) is 13.0 Å². The van der Waals surface area contributed by atoms with Crippen LogP contribution in [0, 0.1) is 17.0 Å². The van der Waals surface area contributed by atoms with E-state index in [9.17, 15) is 19.7 Å². The van der Waals surface area contributed by atoms with Crippen LogP contribution >= 0.6 is 11.6 Å². The summed E-state index contributed by atoms with van der Waals surface area (Å²) in [5, 5.41) is 13.6. The Morgan fingerprint density at radius 2 is 2.08 bits per heavy atom. The number of nitrogens with zero attached hydrogens (tertiary/aromatic N) is 2. The van der Waals surface area contributed by atoms with Crippen LogP contribution in [0.2, 0.25) is 5.15 Å². The molecule has 9 heteroatoms. The molecule has 0 aliphatic carbocycles. The summed E-state index contributed by atoms with van der Waals surface area (Å²) in [5.74, 6) is -1.45. The second kappa shape index (κ2) is 7.51. The van der Waals surface area contributed by atoms with Crippen molar-refractivity contribution < 1.29 is 19.2 Å². The van der Waals surface area contributed by atoms with Gasteiger partial charge in [-0.1, -0.05) is 23.7 Å². The van der Waals surface area contributed by atoms with Crippen molar-refractivity contribution in [3.63, 3.8) is 0 Å². The molecule has 0 fully saturated rings. The van der Waals surface area contributed by atoms with Crippen LogP contribution < -0.4 is 5.32 Å². The molecule has 1 aromatic heterocycles. The molecule has 0 aliphatic heterocycles. The Morgan fingerprint density at radius 1 is 1.33 bits per heavy atom. The number of aromatic nitrogens is 1. The summed E-state index contributed by atoms with van der Waals surface area (Å²) in [5.41, 5.74) is 0.480. The molecule has 1 amide bonds. The molecule has 8 nitrogen and oxygen atoms in total. The summed E-state index contributed by atoms with van der Waals surface area (Å²) < 4.78 is 4.84. The molecule has 124 valence electrons. The number of carbonyl (C=O) groups is 2. The van der Waals surface area contributed by atoms with Gasteiger partial charge in [0, 0.05) is 12.3 Å². The first-order valence-electron chi connectivity index (χ1n) is 6.71. The lowest BCUT2D eigenvalue weighted by Crippen LogP contribution is -2.22. The monoisotopic (exact) mass is 349 g/mol. The summed E-state index contributed by atoms with van der Waals surface area (Å²) in [7, 11) is 0. The van der Waals surface area contributed by atoms with Gasteiger partial charge in [-0.25, -0.2) is 9.78 Å². The molecule has 0 radical (unpaired) electrons. The van der Waals surface area contributed by atoms with Crippen LogP contribution in [-0.2, 0) is 9.53 Å². The van der Waals surface area contributed by atoms with E-state index in [0.29, 0.717) is 5.56 Å². The number of aryl methyl sites for hydroxylation is 1. The van der Waals surface area contributed by atoms with E-state index < -0.39 is 23.4 Å². The van der Waals surface area contributed by atoms with Gasteiger partial charge in [-0.2, -0.15) is 0 Å². The lowest BCUT2D eigenvalue weighted by molar-refractivity contribution is -0.384. The van der Waals surface area contributed by atoms with E-state index in [-0.39, 0.29) is 22.1 Å². The third-order valence-electron chi connectivity index (χ3n) is 3.01. The van der Waals surface area contributed by atoms with Crippen molar-refractivity contribution in [2.24, 2.45) is 0 Å². The molecule has 0 unspecified atom stereocenters. The fraction of sp³-hybridized carbons (Fsp3) is 0.133. The number of nitrogens with one attached hydrogen (secondary N) is 1. The molecule has 0 atom stereocenters. The Hall–Kier alpha value is -3.00. The average Bonchev–Trinajstić information content (AvgIpc) is 2.55. The van der Waals surface area contributed by atoms with Crippen LogP contribution in [0.15, 0.2) is 36.5 Å². The van der Waals surface area contributed by atoms with Crippen LogP contribution in [0.25, 0.3) is 0 Å². The van der Waals surface area contributed by atoms with Gasteiger partial charge in [0.2, 0.25) is 0 Å². The van der Waals surface area contributed by atoms with Crippen molar-refractivity contribution in [1.29, 1.82) is 0 Å². The second-order valence-electron chi connectivity index (χ2n) is 4.72. The Labute approximate surface area is 141 Å². The summed E-state index contributed by atoms with van der Waals surface area (Å²) >= 11 is 5.61. The number of nitro groups is 1. The maximum absolute atomic E-state index is 11.9. The minimum atomic E-state index is -0.756. The largest absolute Gasteiger partial charge is 0.452 e.